The fourth-order valence-corrected chi connectivity index (χ4v) is 1.64. The lowest BCUT2D eigenvalue weighted by Gasteiger charge is -2.27. The second-order valence-corrected chi connectivity index (χ2v) is 4.14. The molecule has 0 aromatic heterocycles. The van der Waals surface area contributed by atoms with Crippen LogP contribution in [-0.4, -0.2) is 29.2 Å². The fraction of sp³-hybridized carbons (Fsp3) is 0.800. The van der Waals surface area contributed by atoms with Gasteiger partial charge in [-0.15, -0.1) is 0 Å². The molecule has 0 heterocycles. The van der Waals surface area contributed by atoms with Crippen molar-refractivity contribution in [2.45, 2.75) is 39.2 Å². The SMILES string of the molecule is CC(=O)C1(N(C)C(=O)C(C)C)CC1. The highest BCUT2D eigenvalue weighted by molar-refractivity contribution is 5.94. The Morgan fingerprint density at radius 1 is 1.31 bits per heavy atom. The Hall–Kier alpha value is -0.860. The molecule has 0 aromatic carbocycles. The zero-order valence-electron chi connectivity index (χ0n) is 8.76. The molecule has 0 atom stereocenters. The van der Waals surface area contributed by atoms with Gasteiger partial charge in [-0.1, -0.05) is 13.8 Å². The summed E-state index contributed by atoms with van der Waals surface area (Å²) in [5.74, 6) is 0.151. The number of carbonyl (C=O) groups excluding carboxylic acids is 2. The number of hydrogen-bond acceptors (Lipinski definition) is 2. The third-order valence-electron chi connectivity index (χ3n) is 2.85. The van der Waals surface area contributed by atoms with Gasteiger partial charge in [0.2, 0.25) is 5.91 Å². The molecule has 1 aliphatic rings. The van der Waals surface area contributed by atoms with Crippen LogP contribution in [0.15, 0.2) is 0 Å². The largest absolute Gasteiger partial charge is 0.333 e. The van der Waals surface area contributed by atoms with Gasteiger partial charge in [-0.2, -0.15) is 0 Å². The van der Waals surface area contributed by atoms with Crippen LogP contribution in [0.2, 0.25) is 0 Å². The summed E-state index contributed by atoms with van der Waals surface area (Å²) in [5.41, 5.74) is -0.443. The first-order valence-electron chi connectivity index (χ1n) is 4.70. The van der Waals surface area contributed by atoms with Gasteiger partial charge in [0.15, 0.2) is 5.78 Å². The van der Waals surface area contributed by atoms with Crippen molar-refractivity contribution in [3.05, 3.63) is 0 Å². The summed E-state index contributed by atoms with van der Waals surface area (Å²) >= 11 is 0. The Morgan fingerprint density at radius 3 is 2.00 bits per heavy atom. The maximum Gasteiger partial charge on any atom is 0.225 e. The number of amides is 1. The number of Topliss-reactive ketones (excluding diaryl/α,β-unsaturated/α-hetero) is 1. The van der Waals surface area contributed by atoms with E-state index in [0.717, 1.165) is 12.8 Å². The molecule has 0 aromatic rings. The van der Waals surface area contributed by atoms with Crippen LogP contribution in [0.25, 0.3) is 0 Å². The number of ketones is 1. The van der Waals surface area contributed by atoms with E-state index in [2.05, 4.69) is 0 Å². The summed E-state index contributed by atoms with van der Waals surface area (Å²) in [6.07, 6.45) is 1.66. The molecule has 1 rings (SSSR count). The minimum absolute atomic E-state index is 0.0261. The lowest BCUT2D eigenvalue weighted by atomic mass is 10.1. The maximum absolute atomic E-state index is 11.6. The van der Waals surface area contributed by atoms with Crippen molar-refractivity contribution in [2.75, 3.05) is 7.05 Å². The minimum atomic E-state index is -0.443. The van der Waals surface area contributed by atoms with Crippen molar-refractivity contribution in [3.63, 3.8) is 0 Å². The highest BCUT2D eigenvalue weighted by atomic mass is 16.2. The number of hydrogen-bond donors (Lipinski definition) is 0. The zero-order valence-corrected chi connectivity index (χ0v) is 8.76. The molecule has 3 heteroatoms. The molecule has 1 amide bonds. The van der Waals surface area contributed by atoms with Crippen LogP contribution in [0.4, 0.5) is 0 Å². The normalized spacial score (nSPS) is 18.5. The summed E-state index contributed by atoms with van der Waals surface area (Å²) in [4.78, 5) is 24.5. The van der Waals surface area contributed by atoms with E-state index in [-0.39, 0.29) is 17.6 Å². The van der Waals surface area contributed by atoms with E-state index in [4.69, 9.17) is 0 Å². The molecule has 74 valence electrons. The van der Waals surface area contributed by atoms with E-state index in [1.807, 2.05) is 13.8 Å². The smallest absolute Gasteiger partial charge is 0.225 e. The number of carbonyl (C=O) groups is 2. The number of nitrogens with zero attached hydrogens (tertiary/aromatic N) is 1. The van der Waals surface area contributed by atoms with E-state index in [1.165, 1.54) is 0 Å². The zero-order chi connectivity index (χ0) is 10.2. The molecule has 0 N–H and O–H groups in total. The standard InChI is InChI=1S/C10H17NO2/c1-7(2)9(13)11(4)10(5-6-10)8(3)12/h7H,5-6H2,1-4H3. The van der Waals surface area contributed by atoms with Crippen molar-refractivity contribution in [1.82, 2.24) is 4.90 Å². The van der Waals surface area contributed by atoms with Gasteiger partial charge < -0.3 is 4.90 Å². The number of rotatable bonds is 3. The van der Waals surface area contributed by atoms with Crippen molar-refractivity contribution in [2.24, 2.45) is 5.92 Å². The Labute approximate surface area is 79.1 Å². The van der Waals surface area contributed by atoms with E-state index in [9.17, 15) is 9.59 Å². The summed E-state index contributed by atoms with van der Waals surface area (Å²) < 4.78 is 0. The minimum Gasteiger partial charge on any atom is -0.333 e. The average Bonchev–Trinajstić information content (AvgIpc) is 2.81. The second-order valence-electron chi connectivity index (χ2n) is 4.14. The van der Waals surface area contributed by atoms with Crippen molar-refractivity contribution < 1.29 is 9.59 Å². The molecule has 1 saturated carbocycles. The molecule has 0 unspecified atom stereocenters. The van der Waals surface area contributed by atoms with Crippen LogP contribution < -0.4 is 0 Å². The third kappa shape index (κ3) is 1.60. The van der Waals surface area contributed by atoms with Crippen molar-refractivity contribution in [3.8, 4) is 0 Å². The Morgan fingerprint density at radius 2 is 1.77 bits per heavy atom. The van der Waals surface area contributed by atoms with Crippen LogP contribution in [0.1, 0.15) is 33.6 Å². The molecule has 0 radical (unpaired) electrons. The Kier molecular flexibility index (Phi) is 2.46. The molecule has 13 heavy (non-hydrogen) atoms. The van der Waals surface area contributed by atoms with Gasteiger partial charge in [-0.3, -0.25) is 9.59 Å². The van der Waals surface area contributed by atoms with Gasteiger partial charge in [0, 0.05) is 13.0 Å². The second kappa shape index (κ2) is 3.13. The number of likely N-dealkylation sites (N-methyl/N-ethyl adjacent to an activating group) is 1. The first kappa shape index (κ1) is 10.2. The topological polar surface area (TPSA) is 37.4 Å². The predicted molar refractivity (Wildman–Crippen MR) is 50.3 cm³/mol. The quantitative estimate of drug-likeness (QED) is 0.659. The fourth-order valence-electron chi connectivity index (χ4n) is 1.64. The van der Waals surface area contributed by atoms with Crippen LogP contribution in [0, 0.1) is 5.92 Å². The van der Waals surface area contributed by atoms with Gasteiger partial charge in [0.05, 0.1) is 0 Å². The first-order valence-corrected chi connectivity index (χ1v) is 4.70. The van der Waals surface area contributed by atoms with Gasteiger partial charge in [0.25, 0.3) is 0 Å². The molecular formula is C10H17NO2. The lowest BCUT2D eigenvalue weighted by Crippen LogP contribution is -2.45. The van der Waals surface area contributed by atoms with Crippen LogP contribution in [0.5, 0.6) is 0 Å². The molecule has 0 aliphatic heterocycles. The summed E-state index contributed by atoms with van der Waals surface area (Å²) in [7, 11) is 1.73. The monoisotopic (exact) mass is 183 g/mol. The van der Waals surface area contributed by atoms with Crippen molar-refractivity contribution in [1.29, 1.82) is 0 Å². The predicted octanol–water partition coefficient (Wildman–Crippen LogP) is 1.22. The molecule has 3 nitrogen and oxygen atoms in total. The van der Waals surface area contributed by atoms with E-state index in [0.29, 0.717) is 0 Å². The van der Waals surface area contributed by atoms with E-state index >= 15 is 0 Å². The van der Waals surface area contributed by atoms with Crippen LogP contribution >= 0.6 is 0 Å². The van der Waals surface area contributed by atoms with Crippen LogP contribution in [-0.2, 0) is 9.59 Å². The summed E-state index contributed by atoms with van der Waals surface area (Å²) in [6.45, 7) is 5.28. The van der Waals surface area contributed by atoms with E-state index < -0.39 is 5.54 Å². The maximum atomic E-state index is 11.6. The first-order chi connectivity index (χ1) is 5.92. The van der Waals surface area contributed by atoms with Gasteiger partial charge >= 0.3 is 0 Å². The molecule has 0 bridgehead atoms. The molecular weight excluding hydrogens is 166 g/mol. The molecule has 0 saturated heterocycles. The van der Waals surface area contributed by atoms with Gasteiger partial charge in [-0.25, -0.2) is 0 Å². The highest BCUT2D eigenvalue weighted by Gasteiger charge is 2.52. The van der Waals surface area contributed by atoms with Crippen LogP contribution in [0.3, 0.4) is 0 Å². The molecule has 0 spiro atoms. The average molecular weight is 183 g/mol. The summed E-state index contributed by atoms with van der Waals surface area (Å²) in [5, 5.41) is 0. The van der Waals surface area contributed by atoms with Gasteiger partial charge in [-0.05, 0) is 19.8 Å². The highest BCUT2D eigenvalue weighted by Crippen LogP contribution is 2.42. The van der Waals surface area contributed by atoms with E-state index in [1.54, 1.807) is 18.9 Å². The lowest BCUT2D eigenvalue weighted by molar-refractivity contribution is -0.141. The molecule has 1 fully saturated rings. The Bertz CT molecular complexity index is 241. The molecule has 1 aliphatic carbocycles. The third-order valence-corrected chi connectivity index (χ3v) is 2.85. The van der Waals surface area contributed by atoms with Gasteiger partial charge in [0.1, 0.15) is 5.54 Å². The summed E-state index contributed by atoms with van der Waals surface area (Å²) in [6, 6.07) is 0. The Balaban J connectivity index is 2.73. The van der Waals surface area contributed by atoms with Crippen molar-refractivity contribution >= 4 is 11.7 Å².